The van der Waals surface area contributed by atoms with E-state index in [0.29, 0.717) is 19.0 Å². The third-order valence-electron chi connectivity index (χ3n) is 3.68. The van der Waals surface area contributed by atoms with Crippen LogP contribution in [0.25, 0.3) is 0 Å². The highest BCUT2D eigenvalue weighted by Gasteiger charge is 2.21. The van der Waals surface area contributed by atoms with Gasteiger partial charge in [-0.2, -0.15) is 0 Å². The maximum absolute atomic E-state index is 11.5. The molecule has 7 nitrogen and oxygen atoms in total. The molecule has 3 N–H and O–H groups in total. The minimum absolute atomic E-state index is 0. The van der Waals surface area contributed by atoms with Crippen molar-refractivity contribution in [2.45, 2.75) is 39.7 Å². The molecule has 0 aliphatic carbocycles. The molecule has 0 radical (unpaired) electrons. The van der Waals surface area contributed by atoms with Crippen LogP contribution in [0.2, 0.25) is 0 Å². The van der Waals surface area contributed by atoms with Crippen LogP contribution in [0.1, 0.15) is 34.1 Å². The summed E-state index contributed by atoms with van der Waals surface area (Å²) in [5.74, 6) is 1.44. The van der Waals surface area contributed by atoms with E-state index in [0.717, 1.165) is 25.6 Å². The smallest absolute Gasteiger partial charge is 0.407 e. The Labute approximate surface area is 163 Å². The van der Waals surface area contributed by atoms with Crippen molar-refractivity contribution in [3.63, 3.8) is 0 Å². The molecule has 1 fully saturated rings. The van der Waals surface area contributed by atoms with Crippen LogP contribution in [0.15, 0.2) is 4.99 Å². The fourth-order valence-electron chi connectivity index (χ4n) is 2.49. The summed E-state index contributed by atoms with van der Waals surface area (Å²) in [6.45, 7) is 13.2. The first-order valence-electron chi connectivity index (χ1n) is 8.47. The average molecular weight is 455 g/mol. The summed E-state index contributed by atoms with van der Waals surface area (Å²) >= 11 is 0. The lowest BCUT2D eigenvalue weighted by Gasteiger charge is -2.20. The summed E-state index contributed by atoms with van der Waals surface area (Å²) in [7, 11) is 1.75. The molecule has 1 aliphatic rings. The van der Waals surface area contributed by atoms with Gasteiger partial charge in [-0.05, 0) is 46.2 Å². The molecular formula is C16H34IN5O2. The molecule has 142 valence electrons. The van der Waals surface area contributed by atoms with Crippen LogP contribution in [0.3, 0.4) is 0 Å². The third-order valence-corrected chi connectivity index (χ3v) is 3.68. The van der Waals surface area contributed by atoms with Crippen molar-refractivity contribution in [1.29, 1.82) is 0 Å². The number of aliphatic imine (C=N–C) groups is 1. The van der Waals surface area contributed by atoms with Gasteiger partial charge in [-0.25, -0.2) is 4.79 Å². The number of carbonyl (C=O) groups is 1. The third kappa shape index (κ3) is 10.2. The highest BCUT2D eigenvalue weighted by molar-refractivity contribution is 14.0. The van der Waals surface area contributed by atoms with Gasteiger partial charge in [-0.3, -0.25) is 4.99 Å². The number of nitrogens with zero attached hydrogens (tertiary/aromatic N) is 2. The maximum atomic E-state index is 11.5. The predicted octanol–water partition coefficient (Wildman–Crippen LogP) is 1.64. The second-order valence-corrected chi connectivity index (χ2v) is 6.86. The van der Waals surface area contributed by atoms with Crippen molar-refractivity contribution in [3.8, 4) is 0 Å². The van der Waals surface area contributed by atoms with Crippen molar-refractivity contribution in [2.75, 3.05) is 46.3 Å². The summed E-state index contributed by atoms with van der Waals surface area (Å²) in [6, 6.07) is 0. The number of amides is 1. The first kappa shape index (κ1) is 23.2. The van der Waals surface area contributed by atoms with Crippen molar-refractivity contribution in [3.05, 3.63) is 0 Å². The van der Waals surface area contributed by atoms with E-state index in [1.807, 2.05) is 20.8 Å². The molecule has 1 atom stereocenters. The monoisotopic (exact) mass is 455 g/mol. The molecule has 1 amide bonds. The molecule has 0 spiro atoms. The number of alkyl carbamates (subject to hydrolysis) is 1. The van der Waals surface area contributed by atoms with Crippen LogP contribution in [-0.2, 0) is 4.74 Å². The van der Waals surface area contributed by atoms with Crippen LogP contribution in [0, 0.1) is 5.92 Å². The average Bonchev–Trinajstić information content (AvgIpc) is 2.92. The molecule has 8 heteroatoms. The number of hydrogen-bond acceptors (Lipinski definition) is 4. The van der Waals surface area contributed by atoms with E-state index in [1.54, 1.807) is 7.05 Å². The summed E-state index contributed by atoms with van der Waals surface area (Å²) in [5, 5.41) is 9.26. The summed E-state index contributed by atoms with van der Waals surface area (Å²) < 4.78 is 5.18. The lowest BCUT2D eigenvalue weighted by molar-refractivity contribution is 0.0529. The Hall–Kier alpha value is -0.770. The SMILES string of the molecule is CCN1CCC(CNC(=NC)NCCNC(=O)OC(C)(C)C)C1.I. The molecule has 0 aromatic carbocycles. The van der Waals surface area contributed by atoms with Gasteiger partial charge in [0.2, 0.25) is 0 Å². The number of hydrogen-bond donors (Lipinski definition) is 3. The molecule has 1 rings (SSSR count). The molecular weight excluding hydrogens is 421 g/mol. The Morgan fingerprint density at radius 3 is 2.46 bits per heavy atom. The summed E-state index contributed by atoms with van der Waals surface area (Å²) in [5.41, 5.74) is -0.469. The molecule has 1 aliphatic heterocycles. The van der Waals surface area contributed by atoms with Gasteiger partial charge in [-0.1, -0.05) is 6.92 Å². The molecule has 1 saturated heterocycles. The standard InChI is InChI=1S/C16H33N5O2.HI/c1-6-21-10-7-13(12-21)11-20-14(17-5)18-8-9-19-15(22)23-16(2,3)4;/h13H,6-12H2,1-5H3,(H,19,22)(H2,17,18,20);1H. The van der Waals surface area contributed by atoms with Gasteiger partial charge in [0.25, 0.3) is 0 Å². The van der Waals surface area contributed by atoms with Crippen molar-refractivity contribution < 1.29 is 9.53 Å². The van der Waals surface area contributed by atoms with Crippen LogP contribution in [0.5, 0.6) is 0 Å². The van der Waals surface area contributed by atoms with E-state index >= 15 is 0 Å². The van der Waals surface area contributed by atoms with Gasteiger partial charge in [0, 0.05) is 33.2 Å². The zero-order valence-electron chi connectivity index (χ0n) is 15.6. The lowest BCUT2D eigenvalue weighted by Crippen LogP contribution is -2.44. The second kappa shape index (κ2) is 11.7. The van der Waals surface area contributed by atoms with Gasteiger partial charge < -0.3 is 25.6 Å². The van der Waals surface area contributed by atoms with Crippen LogP contribution < -0.4 is 16.0 Å². The van der Waals surface area contributed by atoms with Gasteiger partial charge in [0.05, 0.1) is 0 Å². The molecule has 0 aromatic heterocycles. The molecule has 0 saturated carbocycles. The van der Waals surface area contributed by atoms with E-state index in [2.05, 4.69) is 32.8 Å². The van der Waals surface area contributed by atoms with E-state index in [4.69, 9.17) is 4.74 Å². The van der Waals surface area contributed by atoms with E-state index in [1.165, 1.54) is 13.0 Å². The quantitative estimate of drug-likeness (QED) is 0.246. The van der Waals surface area contributed by atoms with Crippen LogP contribution in [0.4, 0.5) is 4.79 Å². The molecule has 0 aromatic rings. The van der Waals surface area contributed by atoms with Crippen LogP contribution >= 0.6 is 24.0 Å². The summed E-state index contributed by atoms with van der Waals surface area (Å²) in [6.07, 6.45) is 0.839. The number of nitrogens with one attached hydrogen (secondary N) is 3. The Morgan fingerprint density at radius 2 is 1.92 bits per heavy atom. The first-order valence-corrected chi connectivity index (χ1v) is 8.47. The van der Waals surface area contributed by atoms with Crippen molar-refractivity contribution in [2.24, 2.45) is 10.9 Å². The van der Waals surface area contributed by atoms with Gasteiger partial charge >= 0.3 is 6.09 Å². The predicted molar refractivity (Wildman–Crippen MR) is 109 cm³/mol. The van der Waals surface area contributed by atoms with Gasteiger partial charge in [0.15, 0.2) is 5.96 Å². The Balaban J connectivity index is 0.00000529. The minimum atomic E-state index is -0.469. The topological polar surface area (TPSA) is 78.0 Å². The van der Waals surface area contributed by atoms with E-state index in [-0.39, 0.29) is 24.0 Å². The van der Waals surface area contributed by atoms with E-state index in [9.17, 15) is 4.79 Å². The Kier molecular flexibility index (Phi) is 11.4. The highest BCUT2D eigenvalue weighted by atomic mass is 127. The fourth-order valence-corrected chi connectivity index (χ4v) is 2.49. The first-order chi connectivity index (χ1) is 10.8. The molecule has 24 heavy (non-hydrogen) atoms. The Morgan fingerprint density at radius 1 is 1.25 bits per heavy atom. The molecule has 0 bridgehead atoms. The lowest BCUT2D eigenvalue weighted by atomic mass is 10.1. The normalized spacial score (nSPS) is 18.7. The van der Waals surface area contributed by atoms with Crippen LogP contribution in [-0.4, -0.2) is 68.9 Å². The number of guanidine groups is 1. The number of carbonyl (C=O) groups excluding carboxylic acids is 1. The minimum Gasteiger partial charge on any atom is -0.444 e. The van der Waals surface area contributed by atoms with Crippen molar-refractivity contribution >= 4 is 36.0 Å². The Bertz CT molecular complexity index is 398. The van der Waals surface area contributed by atoms with Gasteiger partial charge in [0.1, 0.15) is 5.60 Å². The summed E-state index contributed by atoms with van der Waals surface area (Å²) in [4.78, 5) is 18.2. The molecule has 1 heterocycles. The van der Waals surface area contributed by atoms with Gasteiger partial charge in [-0.15, -0.1) is 24.0 Å². The number of ether oxygens (including phenoxy) is 1. The number of likely N-dealkylation sites (tertiary alicyclic amines) is 1. The number of rotatable bonds is 6. The number of halogens is 1. The molecule has 1 unspecified atom stereocenters. The zero-order chi connectivity index (χ0) is 17.3. The zero-order valence-corrected chi connectivity index (χ0v) is 18.0. The largest absolute Gasteiger partial charge is 0.444 e. The van der Waals surface area contributed by atoms with Crippen molar-refractivity contribution in [1.82, 2.24) is 20.9 Å². The van der Waals surface area contributed by atoms with E-state index < -0.39 is 11.7 Å². The fraction of sp³-hybridized carbons (Fsp3) is 0.875. The second-order valence-electron chi connectivity index (χ2n) is 6.86. The maximum Gasteiger partial charge on any atom is 0.407 e. The highest BCUT2D eigenvalue weighted by Crippen LogP contribution is 2.14.